The maximum Gasteiger partial charge on any atom is 0.257 e. The van der Waals surface area contributed by atoms with Crippen molar-refractivity contribution in [3.63, 3.8) is 0 Å². The molecule has 0 bridgehead atoms. The van der Waals surface area contributed by atoms with Crippen LogP contribution in [0.15, 0.2) is 42.9 Å². The van der Waals surface area contributed by atoms with Crippen LogP contribution in [0.1, 0.15) is 17.3 Å². The van der Waals surface area contributed by atoms with Crippen molar-refractivity contribution in [2.24, 2.45) is 0 Å². The molecule has 1 aliphatic rings. The molecule has 1 amide bonds. The molecule has 1 aliphatic heterocycles. The van der Waals surface area contributed by atoms with Crippen LogP contribution in [-0.2, 0) is 0 Å². The summed E-state index contributed by atoms with van der Waals surface area (Å²) < 4.78 is 14.4. The SMILES string of the molecule is CC1(F)CNCCN(C(=O)c2cncnc2-c2ccccc2)C1. The summed E-state index contributed by atoms with van der Waals surface area (Å²) in [5.41, 5.74) is 0.364. The lowest BCUT2D eigenvalue weighted by Crippen LogP contribution is -2.42. The van der Waals surface area contributed by atoms with E-state index in [0.717, 1.165) is 5.56 Å². The number of hydrogen-bond acceptors (Lipinski definition) is 4. The number of nitrogens with one attached hydrogen (secondary N) is 1. The van der Waals surface area contributed by atoms with Crippen LogP contribution >= 0.6 is 0 Å². The van der Waals surface area contributed by atoms with Crippen molar-refractivity contribution in [2.75, 3.05) is 26.2 Å². The van der Waals surface area contributed by atoms with Gasteiger partial charge in [-0.2, -0.15) is 0 Å². The number of benzene rings is 1. The van der Waals surface area contributed by atoms with Gasteiger partial charge in [0.2, 0.25) is 0 Å². The molecular formula is C17H19FN4O. The Morgan fingerprint density at radius 2 is 2.13 bits per heavy atom. The van der Waals surface area contributed by atoms with Gasteiger partial charge in [-0.15, -0.1) is 0 Å². The Labute approximate surface area is 134 Å². The lowest BCUT2D eigenvalue weighted by atomic mass is 10.1. The monoisotopic (exact) mass is 314 g/mol. The minimum Gasteiger partial charge on any atom is -0.334 e. The van der Waals surface area contributed by atoms with Crippen LogP contribution in [-0.4, -0.2) is 52.6 Å². The zero-order chi connectivity index (χ0) is 16.3. The largest absolute Gasteiger partial charge is 0.334 e. The summed E-state index contributed by atoms with van der Waals surface area (Å²) in [6, 6.07) is 9.46. The molecule has 0 aliphatic carbocycles. The van der Waals surface area contributed by atoms with Crippen molar-refractivity contribution >= 4 is 5.91 Å². The Bertz CT molecular complexity index is 690. The highest BCUT2D eigenvalue weighted by molar-refractivity contribution is 5.99. The third-order valence-corrected chi connectivity index (χ3v) is 3.85. The normalized spacial score (nSPS) is 21.7. The van der Waals surface area contributed by atoms with Crippen molar-refractivity contribution < 1.29 is 9.18 Å². The van der Waals surface area contributed by atoms with Crippen LogP contribution in [0, 0.1) is 0 Å². The van der Waals surface area contributed by atoms with Gasteiger partial charge in [0.1, 0.15) is 12.0 Å². The van der Waals surface area contributed by atoms with Crippen LogP contribution in [0.3, 0.4) is 0 Å². The second-order valence-corrected chi connectivity index (χ2v) is 5.97. The summed E-state index contributed by atoms with van der Waals surface area (Å²) in [4.78, 5) is 22.7. The van der Waals surface area contributed by atoms with E-state index in [0.29, 0.717) is 24.3 Å². The number of rotatable bonds is 2. The van der Waals surface area contributed by atoms with Crippen molar-refractivity contribution in [3.05, 3.63) is 48.4 Å². The molecule has 2 aromatic rings. The fourth-order valence-electron chi connectivity index (χ4n) is 2.75. The number of aromatic nitrogens is 2. The highest BCUT2D eigenvalue weighted by Gasteiger charge is 2.32. The van der Waals surface area contributed by atoms with Crippen LogP contribution in [0.5, 0.6) is 0 Å². The third-order valence-electron chi connectivity index (χ3n) is 3.85. The first kappa shape index (κ1) is 15.6. The van der Waals surface area contributed by atoms with Crippen LogP contribution in [0.4, 0.5) is 4.39 Å². The summed E-state index contributed by atoms with van der Waals surface area (Å²) in [5, 5.41) is 3.02. The number of hydrogen-bond donors (Lipinski definition) is 1. The van der Waals surface area contributed by atoms with Gasteiger partial charge in [0.25, 0.3) is 5.91 Å². The van der Waals surface area contributed by atoms with E-state index in [4.69, 9.17) is 0 Å². The van der Waals surface area contributed by atoms with Gasteiger partial charge in [0, 0.05) is 31.4 Å². The molecule has 0 radical (unpaired) electrons. The van der Waals surface area contributed by atoms with Crippen molar-refractivity contribution in [1.82, 2.24) is 20.2 Å². The summed E-state index contributed by atoms with van der Waals surface area (Å²) in [7, 11) is 0. The highest BCUT2D eigenvalue weighted by Crippen LogP contribution is 2.23. The maximum atomic E-state index is 14.4. The smallest absolute Gasteiger partial charge is 0.257 e. The second kappa shape index (κ2) is 6.42. The molecule has 2 heterocycles. The molecule has 1 unspecified atom stereocenters. The first-order chi connectivity index (χ1) is 11.1. The Kier molecular flexibility index (Phi) is 4.34. The average molecular weight is 314 g/mol. The third kappa shape index (κ3) is 3.53. The molecule has 1 aromatic carbocycles. The minimum absolute atomic E-state index is 0.0575. The van der Waals surface area contributed by atoms with E-state index in [2.05, 4.69) is 15.3 Å². The fraction of sp³-hybridized carbons (Fsp3) is 0.353. The molecule has 0 saturated carbocycles. The fourth-order valence-corrected chi connectivity index (χ4v) is 2.75. The van der Waals surface area contributed by atoms with Gasteiger partial charge < -0.3 is 10.2 Å². The van der Waals surface area contributed by atoms with Crippen LogP contribution in [0.2, 0.25) is 0 Å². The summed E-state index contributed by atoms with van der Waals surface area (Å²) in [5.74, 6) is -0.239. The van der Waals surface area contributed by atoms with Gasteiger partial charge in [-0.1, -0.05) is 30.3 Å². The molecule has 5 nitrogen and oxygen atoms in total. The van der Waals surface area contributed by atoms with E-state index in [-0.39, 0.29) is 19.0 Å². The van der Waals surface area contributed by atoms with Crippen LogP contribution < -0.4 is 5.32 Å². The zero-order valence-electron chi connectivity index (χ0n) is 13.0. The quantitative estimate of drug-likeness (QED) is 0.920. The molecule has 120 valence electrons. The Morgan fingerprint density at radius 1 is 1.35 bits per heavy atom. The molecule has 1 atom stereocenters. The average Bonchev–Trinajstić information content (AvgIpc) is 2.75. The summed E-state index contributed by atoms with van der Waals surface area (Å²) in [6.07, 6.45) is 2.92. The standard InChI is InChI=1S/C17H19FN4O/c1-17(18)10-19-7-8-22(11-17)16(23)14-9-20-12-21-15(14)13-5-3-2-4-6-13/h2-6,9,12,19H,7-8,10-11H2,1H3. The van der Waals surface area contributed by atoms with Crippen molar-refractivity contribution in [1.29, 1.82) is 0 Å². The highest BCUT2D eigenvalue weighted by atomic mass is 19.1. The predicted molar refractivity (Wildman–Crippen MR) is 85.8 cm³/mol. The predicted octanol–water partition coefficient (Wildman–Crippen LogP) is 1.92. The van der Waals surface area contributed by atoms with Gasteiger partial charge >= 0.3 is 0 Å². The van der Waals surface area contributed by atoms with E-state index in [1.165, 1.54) is 24.3 Å². The Morgan fingerprint density at radius 3 is 2.91 bits per heavy atom. The van der Waals surface area contributed by atoms with Gasteiger partial charge in [-0.25, -0.2) is 14.4 Å². The zero-order valence-corrected chi connectivity index (χ0v) is 13.0. The van der Waals surface area contributed by atoms with Gasteiger partial charge in [0.05, 0.1) is 17.8 Å². The number of halogens is 1. The van der Waals surface area contributed by atoms with E-state index < -0.39 is 5.67 Å². The van der Waals surface area contributed by atoms with E-state index in [9.17, 15) is 9.18 Å². The summed E-state index contributed by atoms with van der Waals surface area (Å²) in [6.45, 7) is 2.84. The number of alkyl halides is 1. The number of nitrogens with zero attached hydrogens (tertiary/aromatic N) is 3. The Balaban J connectivity index is 1.94. The molecule has 6 heteroatoms. The van der Waals surface area contributed by atoms with E-state index in [1.807, 2.05) is 30.3 Å². The second-order valence-electron chi connectivity index (χ2n) is 5.97. The van der Waals surface area contributed by atoms with Crippen molar-refractivity contribution in [2.45, 2.75) is 12.6 Å². The Hall–Kier alpha value is -2.34. The molecule has 3 rings (SSSR count). The van der Waals surface area contributed by atoms with Gasteiger partial charge in [-0.05, 0) is 6.92 Å². The van der Waals surface area contributed by atoms with Gasteiger partial charge in [0.15, 0.2) is 0 Å². The lowest BCUT2D eigenvalue weighted by Gasteiger charge is -2.26. The molecule has 1 N–H and O–H groups in total. The molecule has 0 spiro atoms. The molecular weight excluding hydrogens is 295 g/mol. The van der Waals surface area contributed by atoms with Crippen molar-refractivity contribution in [3.8, 4) is 11.3 Å². The van der Waals surface area contributed by atoms with E-state index in [1.54, 1.807) is 0 Å². The number of amides is 1. The molecule has 1 saturated heterocycles. The minimum atomic E-state index is -1.45. The number of carbonyl (C=O) groups is 1. The molecule has 1 aromatic heterocycles. The molecule has 23 heavy (non-hydrogen) atoms. The first-order valence-electron chi connectivity index (χ1n) is 7.61. The molecule has 1 fully saturated rings. The lowest BCUT2D eigenvalue weighted by molar-refractivity contribution is 0.0656. The number of carbonyl (C=O) groups excluding carboxylic acids is 1. The maximum absolute atomic E-state index is 14.4. The topological polar surface area (TPSA) is 58.1 Å². The van der Waals surface area contributed by atoms with Crippen LogP contribution in [0.25, 0.3) is 11.3 Å². The first-order valence-corrected chi connectivity index (χ1v) is 7.61. The summed E-state index contributed by atoms with van der Waals surface area (Å²) >= 11 is 0. The van der Waals surface area contributed by atoms with Gasteiger partial charge in [-0.3, -0.25) is 4.79 Å². The van der Waals surface area contributed by atoms with E-state index >= 15 is 0 Å².